The topological polar surface area (TPSA) is 95.9 Å². The van der Waals surface area contributed by atoms with E-state index >= 15 is 0 Å². The molecule has 4 N–H and O–H groups in total. The van der Waals surface area contributed by atoms with Gasteiger partial charge in [0.1, 0.15) is 0 Å². The molecule has 0 radical (unpaired) electrons. The molecule has 1 aliphatic heterocycles. The summed E-state index contributed by atoms with van der Waals surface area (Å²) in [5.41, 5.74) is 13.6. The third kappa shape index (κ3) is 3.99. The molecule has 0 aliphatic carbocycles. The molecule has 0 saturated carbocycles. The van der Waals surface area contributed by atoms with E-state index in [1.54, 1.807) is 0 Å². The molecule has 0 saturated heterocycles. The fraction of sp³-hybridized carbons (Fsp3) is 0.455. The number of carbonyl (C=O) groups excluding carboxylic acids is 2. The first-order chi connectivity index (χ1) is 14.1. The van der Waals surface area contributed by atoms with Gasteiger partial charge < -0.3 is 16.4 Å². The third-order valence-corrected chi connectivity index (χ3v) is 5.60. The lowest BCUT2D eigenvalue weighted by Crippen LogP contribution is -2.46. The summed E-state index contributed by atoms with van der Waals surface area (Å²) in [5, 5.41) is 1.72. The van der Waals surface area contributed by atoms with E-state index in [0.717, 1.165) is 29.5 Å². The maximum atomic E-state index is 13.2. The van der Waals surface area contributed by atoms with E-state index in [-0.39, 0.29) is 11.8 Å². The van der Waals surface area contributed by atoms with Gasteiger partial charge in [-0.1, -0.05) is 12.1 Å². The summed E-state index contributed by atoms with van der Waals surface area (Å²) >= 11 is 0. The number of hydrogen-bond acceptors (Lipinski definition) is 6. The average molecular weight is 398 g/mol. The average Bonchev–Trinajstić information content (AvgIpc) is 2.73. The minimum absolute atomic E-state index is 0.231. The van der Waals surface area contributed by atoms with Crippen molar-refractivity contribution in [2.75, 3.05) is 57.3 Å². The van der Waals surface area contributed by atoms with Crippen molar-refractivity contribution in [3.05, 3.63) is 41.5 Å². The van der Waals surface area contributed by atoms with Crippen LogP contribution in [0.1, 0.15) is 34.6 Å². The van der Waals surface area contributed by atoms with Crippen LogP contribution in [0.4, 0.5) is 5.69 Å². The SMILES string of the molecule is CCN(CC)c1ccc2c3c(cccc13)C(=O)N(CCN(CCN)CCN)C2=O. The van der Waals surface area contributed by atoms with E-state index in [9.17, 15) is 9.59 Å². The number of carbonyl (C=O) groups is 2. The number of nitrogens with two attached hydrogens (primary N) is 2. The summed E-state index contributed by atoms with van der Waals surface area (Å²) in [5.74, 6) is -0.463. The lowest BCUT2D eigenvalue weighted by Gasteiger charge is -2.31. The Morgan fingerprint density at radius 3 is 2.07 bits per heavy atom. The number of imide groups is 1. The molecule has 2 amide bonds. The highest BCUT2D eigenvalue weighted by atomic mass is 16.2. The highest BCUT2D eigenvalue weighted by Crippen LogP contribution is 2.35. The maximum Gasteiger partial charge on any atom is 0.261 e. The van der Waals surface area contributed by atoms with Gasteiger partial charge in [-0.25, -0.2) is 0 Å². The van der Waals surface area contributed by atoms with E-state index in [1.807, 2.05) is 30.3 Å². The standard InChI is InChI=1S/C22H31N5O2/c1-3-26(4-2)19-9-8-18-20-16(19)6-5-7-17(20)21(28)27(22(18)29)15-14-25(12-10-23)13-11-24/h5-9H,3-4,10-15,23-24H2,1-2H3. The van der Waals surface area contributed by atoms with Crippen molar-refractivity contribution in [2.45, 2.75) is 13.8 Å². The minimum atomic E-state index is -0.231. The Kier molecular flexibility index (Phi) is 6.84. The van der Waals surface area contributed by atoms with E-state index in [2.05, 4.69) is 23.6 Å². The zero-order chi connectivity index (χ0) is 21.0. The fourth-order valence-electron chi connectivity index (χ4n) is 4.12. The second-order valence-corrected chi connectivity index (χ2v) is 7.21. The quantitative estimate of drug-likeness (QED) is 0.590. The van der Waals surface area contributed by atoms with E-state index in [1.165, 1.54) is 4.90 Å². The molecule has 7 heteroatoms. The summed E-state index contributed by atoms with van der Waals surface area (Å²) in [7, 11) is 0. The Balaban J connectivity index is 1.96. The smallest absolute Gasteiger partial charge is 0.261 e. The number of rotatable bonds is 10. The Hall–Kier alpha value is -2.48. The molecule has 0 bridgehead atoms. The van der Waals surface area contributed by atoms with E-state index in [0.29, 0.717) is 50.4 Å². The van der Waals surface area contributed by atoms with Crippen molar-refractivity contribution in [3.63, 3.8) is 0 Å². The molecule has 0 fully saturated rings. The van der Waals surface area contributed by atoms with Crippen LogP contribution >= 0.6 is 0 Å². The molecule has 2 aromatic carbocycles. The first-order valence-corrected chi connectivity index (χ1v) is 10.4. The second-order valence-electron chi connectivity index (χ2n) is 7.21. The van der Waals surface area contributed by atoms with Gasteiger partial charge in [0.05, 0.1) is 0 Å². The number of benzene rings is 2. The van der Waals surface area contributed by atoms with Crippen molar-refractivity contribution >= 4 is 28.3 Å². The van der Waals surface area contributed by atoms with Crippen LogP contribution in [0.3, 0.4) is 0 Å². The van der Waals surface area contributed by atoms with Crippen molar-refractivity contribution in [1.82, 2.24) is 9.80 Å². The van der Waals surface area contributed by atoms with Gasteiger partial charge in [-0.15, -0.1) is 0 Å². The van der Waals surface area contributed by atoms with Crippen LogP contribution in [0.25, 0.3) is 10.8 Å². The third-order valence-electron chi connectivity index (χ3n) is 5.60. The predicted molar refractivity (Wildman–Crippen MR) is 117 cm³/mol. The van der Waals surface area contributed by atoms with Crippen molar-refractivity contribution < 1.29 is 9.59 Å². The molecule has 0 atom stereocenters. The summed E-state index contributed by atoms with van der Waals surface area (Å²) in [6.45, 7) is 9.22. The second kappa shape index (κ2) is 9.35. The molecule has 0 aromatic heterocycles. The van der Waals surface area contributed by atoms with Crippen molar-refractivity contribution in [3.8, 4) is 0 Å². The highest BCUT2D eigenvalue weighted by Gasteiger charge is 2.33. The molecule has 3 rings (SSSR count). The summed E-state index contributed by atoms with van der Waals surface area (Å²) in [6, 6.07) is 9.57. The first kappa shape index (κ1) is 21.2. The van der Waals surface area contributed by atoms with Crippen LogP contribution in [0.5, 0.6) is 0 Å². The van der Waals surface area contributed by atoms with Crippen LogP contribution in [0, 0.1) is 0 Å². The lowest BCUT2D eigenvalue weighted by molar-refractivity contribution is 0.0594. The lowest BCUT2D eigenvalue weighted by atomic mass is 9.92. The molecule has 1 aliphatic rings. The number of amides is 2. The normalized spacial score (nSPS) is 13.6. The minimum Gasteiger partial charge on any atom is -0.372 e. The van der Waals surface area contributed by atoms with Gasteiger partial charge in [0.15, 0.2) is 0 Å². The van der Waals surface area contributed by atoms with Gasteiger partial charge >= 0.3 is 0 Å². The zero-order valence-electron chi connectivity index (χ0n) is 17.4. The Bertz CT molecular complexity index is 866. The number of anilines is 1. The number of hydrogen-bond donors (Lipinski definition) is 2. The van der Waals surface area contributed by atoms with E-state index in [4.69, 9.17) is 11.5 Å². The molecular weight excluding hydrogens is 366 g/mol. The van der Waals surface area contributed by atoms with Crippen molar-refractivity contribution in [2.24, 2.45) is 11.5 Å². The summed E-state index contributed by atoms with van der Waals surface area (Å²) < 4.78 is 0. The molecule has 1 heterocycles. The summed E-state index contributed by atoms with van der Waals surface area (Å²) in [4.78, 5) is 32.0. The predicted octanol–water partition coefficient (Wildman–Crippen LogP) is 1.50. The van der Waals surface area contributed by atoms with Crippen LogP contribution < -0.4 is 16.4 Å². The molecule has 29 heavy (non-hydrogen) atoms. The van der Waals surface area contributed by atoms with Gasteiger partial charge in [0, 0.05) is 79.9 Å². The van der Waals surface area contributed by atoms with Crippen LogP contribution in [0.2, 0.25) is 0 Å². The van der Waals surface area contributed by atoms with E-state index < -0.39 is 0 Å². The molecule has 156 valence electrons. The Morgan fingerprint density at radius 2 is 1.48 bits per heavy atom. The van der Waals surface area contributed by atoms with Crippen LogP contribution in [-0.2, 0) is 0 Å². The molecule has 0 unspecified atom stereocenters. The van der Waals surface area contributed by atoms with Gasteiger partial charge in [0.25, 0.3) is 11.8 Å². The van der Waals surface area contributed by atoms with Gasteiger partial charge in [-0.3, -0.25) is 19.4 Å². The maximum absolute atomic E-state index is 13.2. The first-order valence-electron chi connectivity index (χ1n) is 10.4. The Morgan fingerprint density at radius 1 is 0.862 bits per heavy atom. The highest BCUT2D eigenvalue weighted by molar-refractivity contribution is 6.26. The number of nitrogens with zero attached hydrogens (tertiary/aromatic N) is 3. The van der Waals surface area contributed by atoms with Crippen LogP contribution in [-0.4, -0.2) is 74.0 Å². The largest absolute Gasteiger partial charge is 0.372 e. The summed E-state index contributed by atoms with van der Waals surface area (Å²) in [6.07, 6.45) is 0. The molecular formula is C22H31N5O2. The molecule has 2 aromatic rings. The van der Waals surface area contributed by atoms with Crippen molar-refractivity contribution in [1.29, 1.82) is 0 Å². The monoisotopic (exact) mass is 397 g/mol. The Labute approximate surface area is 172 Å². The van der Waals surface area contributed by atoms with Gasteiger partial charge in [-0.2, -0.15) is 0 Å². The molecule has 0 spiro atoms. The fourth-order valence-corrected chi connectivity index (χ4v) is 4.12. The van der Waals surface area contributed by atoms with Gasteiger partial charge in [-0.05, 0) is 32.0 Å². The molecule has 7 nitrogen and oxygen atoms in total. The van der Waals surface area contributed by atoms with Gasteiger partial charge in [0.2, 0.25) is 0 Å². The zero-order valence-corrected chi connectivity index (χ0v) is 17.4. The van der Waals surface area contributed by atoms with Crippen LogP contribution in [0.15, 0.2) is 30.3 Å².